The van der Waals surface area contributed by atoms with Crippen molar-refractivity contribution in [2.24, 2.45) is 5.92 Å². The molecule has 1 N–H and O–H groups in total. The number of carbonyl (C=O) groups excluding carboxylic acids is 1. The first-order chi connectivity index (χ1) is 13.6. The number of aromatic nitrogens is 1. The summed E-state index contributed by atoms with van der Waals surface area (Å²) < 4.78 is 5.58. The zero-order valence-corrected chi connectivity index (χ0v) is 16.8. The summed E-state index contributed by atoms with van der Waals surface area (Å²) in [4.78, 5) is 18.7. The van der Waals surface area contributed by atoms with Crippen LogP contribution in [0.5, 0.6) is 5.75 Å². The standard InChI is InChI=1S/C23H30N2O3/c1-3-28-22-11-10-18(13-17(22)2)7-6-9-23(27)25-15-19(21(26)16-25)14-20-8-4-5-12-24-20/h4-5,8,10-13,19,21,26H,3,6-7,9,14-16H2,1-2H3/t19-,21-/m1/s1. The lowest BCUT2D eigenvalue weighted by molar-refractivity contribution is -0.130. The molecule has 1 aliphatic rings. The molecule has 2 aromatic rings. The van der Waals surface area contributed by atoms with Gasteiger partial charge in [0.15, 0.2) is 0 Å². The van der Waals surface area contributed by atoms with Gasteiger partial charge in [-0.15, -0.1) is 0 Å². The van der Waals surface area contributed by atoms with E-state index >= 15 is 0 Å². The second kappa shape index (κ2) is 9.69. The first-order valence-electron chi connectivity index (χ1n) is 10.1. The zero-order valence-electron chi connectivity index (χ0n) is 16.8. The molecule has 3 rings (SSSR count). The highest BCUT2D eigenvalue weighted by molar-refractivity contribution is 5.76. The van der Waals surface area contributed by atoms with Crippen LogP contribution in [0.4, 0.5) is 0 Å². The number of pyridine rings is 1. The number of ether oxygens (including phenoxy) is 1. The maximum atomic E-state index is 12.6. The van der Waals surface area contributed by atoms with Crippen molar-refractivity contribution in [3.05, 3.63) is 59.4 Å². The summed E-state index contributed by atoms with van der Waals surface area (Å²) >= 11 is 0. The SMILES string of the molecule is CCOc1ccc(CCCC(=O)N2C[C@@H](Cc3ccccn3)[C@H](O)C2)cc1C. The molecule has 0 radical (unpaired) electrons. The van der Waals surface area contributed by atoms with Crippen molar-refractivity contribution >= 4 is 5.91 Å². The third kappa shape index (κ3) is 5.32. The van der Waals surface area contributed by atoms with Crippen molar-refractivity contribution in [3.8, 4) is 5.75 Å². The quantitative estimate of drug-likeness (QED) is 0.762. The van der Waals surface area contributed by atoms with Gasteiger partial charge in [0.25, 0.3) is 0 Å². The summed E-state index contributed by atoms with van der Waals surface area (Å²) in [5.74, 6) is 1.12. The molecule has 0 bridgehead atoms. The van der Waals surface area contributed by atoms with E-state index in [4.69, 9.17) is 4.74 Å². The van der Waals surface area contributed by atoms with E-state index in [2.05, 4.69) is 17.1 Å². The van der Waals surface area contributed by atoms with Crippen molar-refractivity contribution in [2.45, 2.75) is 45.6 Å². The summed E-state index contributed by atoms with van der Waals surface area (Å²) in [5, 5.41) is 10.3. The first kappa shape index (κ1) is 20.3. The van der Waals surface area contributed by atoms with E-state index in [0.717, 1.165) is 29.8 Å². The van der Waals surface area contributed by atoms with Crippen LogP contribution in [0.25, 0.3) is 0 Å². The van der Waals surface area contributed by atoms with Crippen molar-refractivity contribution < 1.29 is 14.6 Å². The normalized spacial score (nSPS) is 19.0. The molecule has 5 nitrogen and oxygen atoms in total. The molecule has 1 amide bonds. The molecule has 150 valence electrons. The van der Waals surface area contributed by atoms with E-state index in [1.54, 1.807) is 6.20 Å². The molecule has 0 unspecified atom stereocenters. The fraction of sp³-hybridized carbons (Fsp3) is 0.478. The molecule has 0 saturated carbocycles. The monoisotopic (exact) mass is 382 g/mol. The Bertz CT molecular complexity index is 779. The summed E-state index contributed by atoms with van der Waals surface area (Å²) in [6.07, 6.45) is 4.19. The Morgan fingerprint density at radius 3 is 2.86 bits per heavy atom. The van der Waals surface area contributed by atoms with Crippen molar-refractivity contribution in [1.82, 2.24) is 9.88 Å². The van der Waals surface area contributed by atoms with Gasteiger partial charge in [0.2, 0.25) is 5.91 Å². The number of benzene rings is 1. The number of hydrogen-bond donors (Lipinski definition) is 1. The van der Waals surface area contributed by atoms with Crippen LogP contribution in [0.15, 0.2) is 42.6 Å². The van der Waals surface area contributed by atoms with E-state index in [9.17, 15) is 9.90 Å². The molecule has 1 aromatic carbocycles. The third-order valence-electron chi connectivity index (χ3n) is 5.35. The number of hydrogen-bond acceptors (Lipinski definition) is 4. The summed E-state index contributed by atoms with van der Waals surface area (Å²) in [6, 6.07) is 12.0. The van der Waals surface area contributed by atoms with E-state index in [-0.39, 0.29) is 11.8 Å². The minimum atomic E-state index is -0.472. The molecule has 28 heavy (non-hydrogen) atoms. The van der Waals surface area contributed by atoms with Gasteiger partial charge in [-0.2, -0.15) is 0 Å². The number of aliphatic hydroxyl groups excluding tert-OH is 1. The van der Waals surface area contributed by atoms with E-state index in [1.807, 2.05) is 43.0 Å². The Kier molecular flexibility index (Phi) is 7.04. The molecule has 1 fully saturated rings. The number of β-amino-alcohol motifs (C(OH)–C–C–N with tert-alkyl or cyclic N) is 1. The van der Waals surface area contributed by atoms with Gasteiger partial charge in [0.05, 0.1) is 12.7 Å². The largest absolute Gasteiger partial charge is 0.494 e. The van der Waals surface area contributed by atoms with Crippen LogP contribution in [-0.4, -0.2) is 46.7 Å². The lowest BCUT2D eigenvalue weighted by Gasteiger charge is -2.16. The fourth-order valence-electron chi connectivity index (χ4n) is 3.83. The zero-order chi connectivity index (χ0) is 19.9. The second-order valence-electron chi connectivity index (χ2n) is 7.54. The Morgan fingerprint density at radius 1 is 1.29 bits per heavy atom. The summed E-state index contributed by atoms with van der Waals surface area (Å²) in [7, 11) is 0. The number of likely N-dealkylation sites (tertiary alicyclic amines) is 1. The minimum Gasteiger partial charge on any atom is -0.494 e. The van der Waals surface area contributed by atoms with Crippen molar-refractivity contribution in [3.63, 3.8) is 0 Å². The molecule has 2 atom stereocenters. The third-order valence-corrected chi connectivity index (χ3v) is 5.35. The number of nitrogens with zero attached hydrogens (tertiary/aromatic N) is 2. The highest BCUT2D eigenvalue weighted by Crippen LogP contribution is 2.23. The maximum absolute atomic E-state index is 12.6. The lowest BCUT2D eigenvalue weighted by Crippen LogP contribution is -2.29. The van der Waals surface area contributed by atoms with Crippen LogP contribution in [0.2, 0.25) is 0 Å². The smallest absolute Gasteiger partial charge is 0.222 e. The fourth-order valence-corrected chi connectivity index (χ4v) is 3.83. The molecule has 0 aliphatic carbocycles. The van der Waals surface area contributed by atoms with Crippen LogP contribution >= 0.6 is 0 Å². The van der Waals surface area contributed by atoms with Gasteiger partial charge in [0, 0.05) is 37.3 Å². The number of rotatable bonds is 8. The average molecular weight is 383 g/mol. The predicted octanol–water partition coefficient (Wildman–Crippen LogP) is 3.17. The number of amides is 1. The van der Waals surface area contributed by atoms with Gasteiger partial charge < -0.3 is 14.7 Å². The molecule has 2 heterocycles. The lowest BCUT2D eigenvalue weighted by atomic mass is 10.00. The van der Waals surface area contributed by atoms with Gasteiger partial charge in [-0.1, -0.05) is 18.2 Å². The van der Waals surface area contributed by atoms with E-state index in [0.29, 0.717) is 32.5 Å². The Hall–Kier alpha value is -2.40. The minimum absolute atomic E-state index is 0.0626. The Labute approximate surface area is 167 Å². The average Bonchev–Trinajstić information content (AvgIpc) is 3.05. The second-order valence-corrected chi connectivity index (χ2v) is 7.54. The maximum Gasteiger partial charge on any atom is 0.222 e. The molecule has 1 saturated heterocycles. The molecular formula is C23H30N2O3. The van der Waals surface area contributed by atoms with E-state index < -0.39 is 6.10 Å². The van der Waals surface area contributed by atoms with Gasteiger partial charge in [0.1, 0.15) is 5.75 Å². The highest BCUT2D eigenvalue weighted by Gasteiger charge is 2.33. The van der Waals surface area contributed by atoms with Gasteiger partial charge in [-0.25, -0.2) is 0 Å². The van der Waals surface area contributed by atoms with Gasteiger partial charge in [-0.05, 0) is 62.4 Å². The first-order valence-corrected chi connectivity index (χ1v) is 10.1. The molecule has 1 aliphatic heterocycles. The van der Waals surface area contributed by atoms with Gasteiger partial charge >= 0.3 is 0 Å². The Balaban J connectivity index is 1.45. The van der Waals surface area contributed by atoms with E-state index in [1.165, 1.54) is 5.56 Å². The molecule has 0 spiro atoms. The van der Waals surface area contributed by atoms with Crippen LogP contribution < -0.4 is 4.74 Å². The molecular weight excluding hydrogens is 352 g/mol. The Morgan fingerprint density at radius 2 is 2.14 bits per heavy atom. The van der Waals surface area contributed by atoms with Gasteiger partial charge in [-0.3, -0.25) is 9.78 Å². The van der Waals surface area contributed by atoms with Crippen molar-refractivity contribution in [2.75, 3.05) is 19.7 Å². The molecule has 1 aromatic heterocycles. The summed E-state index contributed by atoms with van der Waals surface area (Å²) in [5.41, 5.74) is 3.32. The van der Waals surface area contributed by atoms with Crippen LogP contribution in [0.3, 0.4) is 0 Å². The number of aliphatic hydroxyl groups is 1. The van der Waals surface area contributed by atoms with Crippen LogP contribution in [-0.2, 0) is 17.6 Å². The number of carbonyl (C=O) groups is 1. The van der Waals surface area contributed by atoms with Crippen LogP contribution in [0.1, 0.15) is 36.6 Å². The molecule has 5 heteroatoms. The summed E-state index contributed by atoms with van der Waals surface area (Å²) in [6.45, 7) is 5.73. The van der Waals surface area contributed by atoms with Crippen LogP contribution in [0, 0.1) is 12.8 Å². The topological polar surface area (TPSA) is 62.7 Å². The van der Waals surface area contributed by atoms with Crippen molar-refractivity contribution in [1.29, 1.82) is 0 Å². The predicted molar refractivity (Wildman–Crippen MR) is 109 cm³/mol. The highest BCUT2D eigenvalue weighted by atomic mass is 16.5. The number of aryl methyl sites for hydroxylation is 2.